The lowest BCUT2D eigenvalue weighted by atomic mass is 9.86. The van der Waals surface area contributed by atoms with Crippen LogP contribution in [-0.4, -0.2) is 5.97 Å². The molecule has 3 rings (SSSR count). The van der Waals surface area contributed by atoms with Crippen LogP contribution in [0.5, 0.6) is 0 Å². The van der Waals surface area contributed by atoms with Gasteiger partial charge in [0.2, 0.25) is 0 Å². The number of carbonyl (C=O) groups is 1. The number of esters is 1. The number of benzene rings is 1. The number of ether oxygens (including phenoxy) is 1. The predicted octanol–water partition coefficient (Wildman–Crippen LogP) is 4.63. The third-order valence-electron chi connectivity index (χ3n) is 4.56. The topological polar surface area (TPSA) is 26.3 Å². The van der Waals surface area contributed by atoms with Gasteiger partial charge in [-0.3, -0.25) is 0 Å². The first kappa shape index (κ1) is 16.9. The highest BCUT2D eigenvalue weighted by atomic mass is 31.0. The molecular weight excluding hydrogens is 315 g/mol. The summed E-state index contributed by atoms with van der Waals surface area (Å²) in [5.74, 6) is 1.34. The number of hydrogen-bond donors (Lipinski definition) is 0. The van der Waals surface area contributed by atoms with Crippen LogP contribution in [0.15, 0.2) is 66.0 Å². The Balaban J connectivity index is 1.62. The maximum absolute atomic E-state index is 12.3. The van der Waals surface area contributed by atoms with E-state index in [2.05, 4.69) is 40.5 Å². The summed E-state index contributed by atoms with van der Waals surface area (Å²) in [5, 5.41) is 1.02. The highest BCUT2D eigenvalue weighted by Crippen LogP contribution is 2.29. The van der Waals surface area contributed by atoms with Crippen molar-refractivity contribution in [1.29, 1.82) is 0 Å². The molecule has 3 atom stereocenters. The van der Waals surface area contributed by atoms with Crippen LogP contribution in [0.1, 0.15) is 35.7 Å². The zero-order chi connectivity index (χ0) is 17.1. The number of aryl methyl sites for hydroxylation is 1. The minimum Gasteiger partial charge on any atom is -0.423 e. The lowest BCUT2D eigenvalue weighted by Crippen LogP contribution is -2.11. The average Bonchev–Trinajstić information content (AvgIpc) is 2.59. The van der Waals surface area contributed by atoms with Crippen LogP contribution >= 0.6 is 9.24 Å². The molecule has 3 heteroatoms. The van der Waals surface area contributed by atoms with Crippen molar-refractivity contribution in [2.24, 2.45) is 11.8 Å². The lowest BCUT2D eigenvalue weighted by molar-refractivity contribution is 0.0635. The number of hydrogen-bond acceptors (Lipinski definition) is 2. The van der Waals surface area contributed by atoms with Gasteiger partial charge in [0.1, 0.15) is 5.76 Å². The number of rotatable bonds is 3. The molecule has 3 unspecified atom stereocenters. The SMILES string of the molecule is Cc1ccc(C(=O)OC2=CCC(C3=CCC(C)C=C3)C=C2)cc1P. The summed E-state index contributed by atoms with van der Waals surface area (Å²) >= 11 is 0. The van der Waals surface area contributed by atoms with Crippen molar-refractivity contribution in [2.75, 3.05) is 0 Å². The van der Waals surface area contributed by atoms with Gasteiger partial charge in [0.05, 0.1) is 5.56 Å². The first-order valence-corrected chi connectivity index (χ1v) is 8.95. The van der Waals surface area contributed by atoms with Crippen molar-refractivity contribution in [2.45, 2.75) is 26.7 Å². The van der Waals surface area contributed by atoms with Gasteiger partial charge >= 0.3 is 5.97 Å². The standard InChI is InChI=1S/C21H23O2P/c1-14-3-6-16(7-4-14)17-9-11-19(12-10-17)23-21(22)18-8-5-15(2)20(24)13-18/h3,5-9,11-14,17H,4,10,24H2,1-2H3. The van der Waals surface area contributed by atoms with E-state index >= 15 is 0 Å². The molecule has 1 aromatic rings. The molecule has 1 aromatic carbocycles. The van der Waals surface area contributed by atoms with Crippen molar-refractivity contribution in [1.82, 2.24) is 0 Å². The fourth-order valence-electron chi connectivity index (χ4n) is 2.88. The molecule has 0 saturated heterocycles. The van der Waals surface area contributed by atoms with E-state index in [0.29, 0.717) is 23.2 Å². The quantitative estimate of drug-likeness (QED) is 0.593. The van der Waals surface area contributed by atoms with Crippen molar-refractivity contribution < 1.29 is 9.53 Å². The summed E-state index contributed by atoms with van der Waals surface area (Å²) in [7, 11) is 2.64. The van der Waals surface area contributed by atoms with E-state index in [1.807, 2.05) is 31.2 Å². The average molecular weight is 338 g/mol. The zero-order valence-corrected chi connectivity index (χ0v) is 15.3. The summed E-state index contributed by atoms with van der Waals surface area (Å²) in [6.07, 6.45) is 14.8. The van der Waals surface area contributed by atoms with E-state index in [0.717, 1.165) is 23.7 Å². The molecule has 0 bridgehead atoms. The molecule has 0 spiro atoms. The van der Waals surface area contributed by atoms with Gasteiger partial charge in [0.15, 0.2) is 0 Å². The summed E-state index contributed by atoms with van der Waals surface area (Å²) in [4.78, 5) is 12.3. The molecule has 2 aliphatic carbocycles. The Hall–Kier alpha value is -1.92. The monoisotopic (exact) mass is 338 g/mol. The fourth-order valence-corrected chi connectivity index (χ4v) is 3.15. The van der Waals surface area contributed by atoms with Crippen molar-refractivity contribution in [3.05, 3.63) is 77.1 Å². The molecule has 0 fully saturated rings. The van der Waals surface area contributed by atoms with Gasteiger partial charge in [-0.05, 0) is 66.4 Å². The van der Waals surface area contributed by atoms with Crippen molar-refractivity contribution in [3.8, 4) is 0 Å². The Morgan fingerprint density at radius 2 is 2.00 bits per heavy atom. The van der Waals surface area contributed by atoms with Gasteiger partial charge < -0.3 is 4.74 Å². The zero-order valence-electron chi connectivity index (χ0n) is 14.2. The van der Waals surface area contributed by atoms with Gasteiger partial charge in [-0.15, -0.1) is 9.24 Å². The smallest absolute Gasteiger partial charge is 0.343 e. The van der Waals surface area contributed by atoms with Crippen LogP contribution in [-0.2, 0) is 4.74 Å². The minimum atomic E-state index is -0.307. The van der Waals surface area contributed by atoms with Crippen molar-refractivity contribution in [3.63, 3.8) is 0 Å². The molecule has 0 saturated carbocycles. The molecule has 124 valence electrons. The van der Waals surface area contributed by atoms with Crippen LogP contribution in [0.4, 0.5) is 0 Å². The third-order valence-corrected chi connectivity index (χ3v) is 5.18. The maximum Gasteiger partial charge on any atom is 0.343 e. The van der Waals surface area contributed by atoms with Gasteiger partial charge in [0.25, 0.3) is 0 Å². The summed E-state index contributed by atoms with van der Waals surface area (Å²) in [6, 6.07) is 5.58. The summed E-state index contributed by atoms with van der Waals surface area (Å²) < 4.78 is 5.51. The second-order valence-electron chi connectivity index (χ2n) is 6.54. The molecule has 2 nitrogen and oxygen atoms in total. The maximum atomic E-state index is 12.3. The predicted molar refractivity (Wildman–Crippen MR) is 102 cm³/mol. The molecule has 2 aliphatic rings. The molecule has 0 N–H and O–H groups in total. The highest BCUT2D eigenvalue weighted by Gasteiger charge is 2.17. The molecule has 0 amide bonds. The Kier molecular flexibility index (Phi) is 5.16. The Morgan fingerprint density at radius 3 is 2.62 bits per heavy atom. The highest BCUT2D eigenvalue weighted by molar-refractivity contribution is 7.27. The van der Waals surface area contributed by atoms with E-state index in [-0.39, 0.29) is 5.97 Å². The molecule has 0 radical (unpaired) electrons. The largest absolute Gasteiger partial charge is 0.423 e. The van der Waals surface area contributed by atoms with E-state index in [4.69, 9.17) is 4.74 Å². The van der Waals surface area contributed by atoms with Gasteiger partial charge in [-0.1, -0.05) is 37.3 Å². The Labute approximate surface area is 146 Å². The molecule has 0 aromatic heterocycles. The molecule has 0 heterocycles. The first-order chi connectivity index (χ1) is 11.5. The Bertz CT molecular complexity index is 768. The third kappa shape index (κ3) is 3.94. The molecule has 0 aliphatic heterocycles. The van der Waals surface area contributed by atoms with E-state index < -0.39 is 0 Å². The van der Waals surface area contributed by atoms with Crippen LogP contribution in [0.2, 0.25) is 0 Å². The second kappa shape index (κ2) is 7.32. The van der Waals surface area contributed by atoms with Crippen LogP contribution < -0.4 is 5.30 Å². The Morgan fingerprint density at radius 1 is 1.17 bits per heavy atom. The fraction of sp³-hybridized carbons (Fsp3) is 0.286. The van der Waals surface area contributed by atoms with Gasteiger partial charge in [-0.2, -0.15) is 0 Å². The second-order valence-corrected chi connectivity index (χ2v) is 7.17. The summed E-state index contributed by atoms with van der Waals surface area (Å²) in [5.41, 5.74) is 3.07. The normalized spacial score (nSPS) is 22.8. The minimum absolute atomic E-state index is 0.307. The lowest BCUT2D eigenvalue weighted by Gasteiger charge is -2.20. The first-order valence-electron chi connectivity index (χ1n) is 8.38. The summed E-state index contributed by atoms with van der Waals surface area (Å²) in [6.45, 7) is 4.24. The number of carbonyl (C=O) groups excluding carboxylic acids is 1. The number of allylic oxidation sites excluding steroid dienone is 7. The van der Waals surface area contributed by atoms with Crippen molar-refractivity contribution >= 4 is 20.5 Å². The van der Waals surface area contributed by atoms with Crippen LogP contribution in [0.25, 0.3) is 0 Å². The van der Waals surface area contributed by atoms with E-state index in [1.165, 1.54) is 5.57 Å². The van der Waals surface area contributed by atoms with Gasteiger partial charge in [-0.25, -0.2) is 4.79 Å². The molecular formula is C21H23O2P. The van der Waals surface area contributed by atoms with E-state index in [1.54, 1.807) is 6.07 Å². The molecule has 24 heavy (non-hydrogen) atoms. The van der Waals surface area contributed by atoms with Gasteiger partial charge in [0, 0.05) is 5.92 Å². The van der Waals surface area contributed by atoms with Crippen LogP contribution in [0.3, 0.4) is 0 Å². The van der Waals surface area contributed by atoms with E-state index in [9.17, 15) is 4.79 Å². The van der Waals surface area contributed by atoms with Crippen LogP contribution in [0, 0.1) is 18.8 Å².